The number of Topliss-reactive ketones (excluding diaryl/α,β-unsaturated/α-hetero) is 1. The molecule has 0 aromatic carbocycles. The van der Waals surface area contributed by atoms with E-state index in [1.165, 1.54) is 4.88 Å². The monoisotopic (exact) mass is 280 g/mol. The highest BCUT2D eigenvalue weighted by molar-refractivity contribution is 7.99. The van der Waals surface area contributed by atoms with Crippen LogP contribution in [0.3, 0.4) is 0 Å². The van der Waals surface area contributed by atoms with E-state index in [1.807, 2.05) is 6.92 Å². The van der Waals surface area contributed by atoms with Crippen molar-refractivity contribution < 1.29 is 4.79 Å². The number of hydrogen-bond acceptors (Lipinski definition) is 5. The van der Waals surface area contributed by atoms with Crippen LogP contribution in [0.5, 0.6) is 0 Å². The Bertz CT molecular complexity index is 578. The van der Waals surface area contributed by atoms with Crippen molar-refractivity contribution in [1.82, 2.24) is 9.97 Å². The summed E-state index contributed by atoms with van der Waals surface area (Å²) >= 11 is 3.38. The van der Waals surface area contributed by atoms with Gasteiger partial charge in [0.2, 0.25) is 0 Å². The molecule has 3 nitrogen and oxygen atoms in total. The Balaban J connectivity index is 2.29. The Hall–Kier alpha value is -0.940. The molecule has 0 radical (unpaired) electrons. The Morgan fingerprint density at radius 3 is 2.89 bits per heavy atom. The second-order valence-corrected chi connectivity index (χ2v) is 6.36. The van der Waals surface area contributed by atoms with Crippen molar-refractivity contribution in [3.63, 3.8) is 0 Å². The van der Waals surface area contributed by atoms with Crippen LogP contribution in [-0.4, -0.2) is 21.5 Å². The summed E-state index contributed by atoms with van der Waals surface area (Å²) in [5.74, 6) is 1.82. The van der Waals surface area contributed by atoms with Crippen molar-refractivity contribution in [3.05, 3.63) is 16.8 Å². The molecule has 0 saturated heterocycles. The molecule has 2 rings (SSSR count). The maximum absolute atomic E-state index is 11.0. The van der Waals surface area contributed by atoms with Gasteiger partial charge in [0.1, 0.15) is 21.5 Å². The van der Waals surface area contributed by atoms with E-state index in [9.17, 15) is 4.79 Å². The van der Waals surface area contributed by atoms with Crippen molar-refractivity contribution in [1.29, 1.82) is 0 Å². The molecule has 0 aliphatic rings. The summed E-state index contributed by atoms with van der Waals surface area (Å²) in [7, 11) is 0. The zero-order valence-electron chi connectivity index (χ0n) is 10.8. The molecule has 0 fully saturated rings. The molecule has 0 aliphatic carbocycles. The normalized spacial score (nSPS) is 11.1. The molecule has 0 N–H and O–H groups in total. The highest BCUT2D eigenvalue weighted by Gasteiger charge is 2.10. The largest absolute Gasteiger partial charge is 0.300 e. The Morgan fingerprint density at radius 1 is 1.44 bits per heavy atom. The minimum atomic E-state index is 0.226. The molecule has 0 unspecified atom stereocenters. The number of thioether (sulfide) groups is 1. The van der Waals surface area contributed by atoms with Crippen LogP contribution in [-0.2, 0) is 11.2 Å². The fourth-order valence-corrected chi connectivity index (χ4v) is 3.79. The van der Waals surface area contributed by atoms with Gasteiger partial charge in [-0.05, 0) is 26.3 Å². The first kappa shape index (κ1) is 13.5. The lowest BCUT2D eigenvalue weighted by atomic mass is 10.3. The summed E-state index contributed by atoms with van der Waals surface area (Å²) < 4.78 is 0. The summed E-state index contributed by atoms with van der Waals surface area (Å²) in [4.78, 5) is 22.3. The van der Waals surface area contributed by atoms with Crippen molar-refractivity contribution in [3.8, 4) is 0 Å². The lowest BCUT2D eigenvalue weighted by Crippen LogP contribution is -1.94. The van der Waals surface area contributed by atoms with Gasteiger partial charge in [0.25, 0.3) is 0 Å². The fourth-order valence-electron chi connectivity index (χ4n) is 1.62. The number of nitrogens with zero attached hydrogens (tertiary/aromatic N) is 2. The molecule has 2 aromatic heterocycles. The van der Waals surface area contributed by atoms with Gasteiger partial charge >= 0.3 is 0 Å². The van der Waals surface area contributed by atoms with Crippen molar-refractivity contribution in [2.24, 2.45) is 0 Å². The number of ketones is 1. The molecule has 2 heterocycles. The third-order valence-corrected chi connectivity index (χ3v) is 4.73. The summed E-state index contributed by atoms with van der Waals surface area (Å²) in [6.07, 6.45) is 1.62. The highest BCUT2D eigenvalue weighted by atomic mass is 32.2. The molecule has 96 valence electrons. The van der Waals surface area contributed by atoms with E-state index >= 15 is 0 Å². The van der Waals surface area contributed by atoms with Gasteiger partial charge in [-0.25, -0.2) is 9.97 Å². The lowest BCUT2D eigenvalue weighted by Gasteiger charge is -2.02. The van der Waals surface area contributed by atoms with Crippen LogP contribution >= 0.6 is 23.1 Å². The number of carbonyl (C=O) groups is 1. The van der Waals surface area contributed by atoms with Gasteiger partial charge in [-0.3, -0.25) is 4.79 Å². The average molecular weight is 280 g/mol. The van der Waals surface area contributed by atoms with Gasteiger partial charge in [0, 0.05) is 22.4 Å². The third-order valence-electron chi connectivity index (χ3n) is 2.56. The topological polar surface area (TPSA) is 42.9 Å². The summed E-state index contributed by atoms with van der Waals surface area (Å²) in [6, 6.07) is 2.18. The van der Waals surface area contributed by atoms with E-state index in [4.69, 9.17) is 0 Å². The number of aromatic nitrogens is 2. The van der Waals surface area contributed by atoms with Crippen LogP contribution in [0.15, 0.2) is 11.1 Å². The van der Waals surface area contributed by atoms with Gasteiger partial charge in [-0.15, -0.1) is 23.1 Å². The molecule has 18 heavy (non-hydrogen) atoms. The third kappa shape index (κ3) is 3.09. The molecule has 0 spiro atoms. The van der Waals surface area contributed by atoms with E-state index < -0.39 is 0 Å². The van der Waals surface area contributed by atoms with Gasteiger partial charge in [-0.1, -0.05) is 6.92 Å². The Morgan fingerprint density at radius 2 is 2.22 bits per heavy atom. The van der Waals surface area contributed by atoms with Crippen LogP contribution in [0.4, 0.5) is 0 Å². The predicted molar refractivity (Wildman–Crippen MR) is 77.6 cm³/mol. The summed E-state index contributed by atoms with van der Waals surface area (Å²) in [5.41, 5.74) is 0. The second-order valence-electron chi connectivity index (χ2n) is 4.16. The van der Waals surface area contributed by atoms with Crippen LogP contribution in [0.2, 0.25) is 0 Å². The maximum atomic E-state index is 11.0. The molecule has 0 amide bonds. The molecular formula is C13H16N2OS2. The van der Waals surface area contributed by atoms with E-state index in [-0.39, 0.29) is 5.78 Å². The molecule has 2 aromatic rings. The first-order valence-electron chi connectivity index (χ1n) is 5.99. The molecule has 0 bridgehead atoms. The van der Waals surface area contributed by atoms with E-state index in [2.05, 4.69) is 23.0 Å². The quantitative estimate of drug-likeness (QED) is 0.619. The van der Waals surface area contributed by atoms with Crippen molar-refractivity contribution in [2.45, 2.75) is 38.6 Å². The zero-order chi connectivity index (χ0) is 13.1. The summed E-state index contributed by atoms with van der Waals surface area (Å²) in [5, 5.41) is 2.14. The minimum absolute atomic E-state index is 0.226. The Labute approximate surface area is 115 Å². The van der Waals surface area contributed by atoms with Crippen LogP contribution in [0.25, 0.3) is 10.2 Å². The van der Waals surface area contributed by atoms with Gasteiger partial charge in [-0.2, -0.15) is 0 Å². The molecular weight excluding hydrogens is 264 g/mol. The fraction of sp³-hybridized carbons (Fsp3) is 0.462. The van der Waals surface area contributed by atoms with Crippen LogP contribution in [0.1, 0.15) is 31.0 Å². The lowest BCUT2D eigenvalue weighted by molar-refractivity contribution is -0.116. The molecule has 0 atom stereocenters. The van der Waals surface area contributed by atoms with Crippen molar-refractivity contribution in [2.75, 3.05) is 5.75 Å². The number of carbonyl (C=O) groups excluding carboxylic acids is 1. The number of hydrogen-bond donors (Lipinski definition) is 0. The zero-order valence-corrected chi connectivity index (χ0v) is 12.5. The number of thiophene rings is 1. The smallest absolute Gasteiger partial charge is 0.130 e. The SMILES string of the molecule is CCc1cc2c(SCCC(C)=O)nc(C)nc2s1. The Kier molecular flexibility index (Phi) is 4.35. The second kappa shape index (κ2) is 5.80. The van der Waals surface area contributed by atoms with Crippen LogP contribution in [0, 0.1) is 6.92 Å². The van der Waals surface area contributed by atoms with E-state index in [0.717, 1.165) is 33.2 Å². The van der Waals surface area contributed by atoms with Crippen molar-refractivity contribution >= 4 is 39.1 Å². The molecule has 0 saturated carbocycles. The number of fused-ring (bicyclic) bond motifs is 1. The first-order valence-corrected chi connectivity index (χ1v) is 7.79. The maximum Gasteiger partial charge on any atom is 0.130 e. The number of rotatable bonds is 5. The number of aryl methyl sites for hydroxylation is 2. The van der Waals surface area contributed by atoms with E-state index in [1.54, 1.807) is 30.0 Å². The van der Waals surface area contributed by atoms with Crippen LogP contribution < -0.4 is 0 Å². The molecule has 5 heteroatoms. The first-order chi connectivity index (χ1) is 8.60. The summed E-state index contributed by atoms with van der Waals surface area (Å²) in [6.45, 7) is 5.69. The van der Waals surface area contributed by atoms with Gasteiger partial charge in [0.05, 0.1) is 0 Å². The van der Waals surface area contributed by atoms with Gasteiger partial charge in [0.15, 0.2) is 0 Å². The highest BCUT2D eigenvalue weighted by Crippen LogP contribution is 2.31. The predicted octanol–water partition coefficient (Wildman–Crippen LogP) is 3.63. The van der Waals surface area contributed by atoms with Gasteiger partial charge < -0.3 is 0 Å². The standard InChI is InChI=1S/C13H16N2OS2/c1-4-10-7-11-12(17-6-5-8(2)16)14-9(3)15-13(11)18-10/h7H,4-6H2,1-3H3. The average Bonchev–Trinajstić information content (AvgIpc) is 2.71. The van der Waals surface area contributed by atoms with E-state index in [0.29, 0.717) is 6.42 Å². The molecule has 0 aliphatic heterocycles. The minimum Gasteiger partial charge on any atom is -0.300 e.